The van der Waals surface area contributed by atoms with E-state index < -0.39 is 0 Å². The van der Waals surface area contributed by atoms with Gasteiger partial charge in [0.2, 0.25) is 0 Å². The van der Waals surface area contributed by atoms with Crippen LogP contribution in [0.15, 0.2) is 327 Å². The van der Waals surface area contributed by atoms with Gasteiger partial charge in [0.1, 0.15) is 0 Å². The van der Waals surface area contributed by atoms with Crippen molar-refractivity contribution in [2.24, 2.45) is 0 Å². The predicted octanol–water partition coefficient (Wildman–Crippen LogP) is 23.5. The van der Waals surface area contributed by atoms with Gasteiger partial charge in [-0.15, -0.1) is 0 Å². The topological polar surface area (TPSA) is 6.48 Å². The lowest BCUT2D eigenvalue weighted by molar-refractivity contribution is 1.30. The first-order chi connectivity index (χ1) is 41.6. The number of hydrogen-bond donors (Lipinski definition) is 0. The van der Waals surface area contributed by atoms with Crippen LogP contribution < -0.4 is 9.80 Å². The third-order valence-corrected chi connectivity index (χ3v) is 15.9. The Morgan fingerprint density at radius 1 is 0.262 bits per heavy atom. The van der Waals surface area contributed by atoms with E-state index in [1.165, 1.54) is 65.7 Å². The molecule has 0 saturated heterocycles. The van der Waals surface area contributed by atoms with Gasteiger partial charge >= 0.3 is 0 Å². The van der Waals surface area contributed by atoms with Gasteiger partial charge in [0.25, 0.3) is 0 Å². The smallest absolute Gasteiger partial charge is 0.0540 e. The fourth-order valence-electron chi connectivity index (χ4n) is 11.9. The van der Waals surface area contributed by atoms with E-state index in [4.69, 9.17) is 0 Å². The Hall–Kier alpha value is -10.8. The highest BCUT2D eigenvalue weighted by atomic mass is 15.1. The number of anilines is 6. The first-order valence-corrected chi connectivity index (χ1v) is 29.0. The van der Waals surface area contributed by atoms with Crippen LogP contribution in [0.1, 0.15) is 30.5 Å². The summed E-state index contributed by atoms with van der Waals surface area (Å²) < 4.78 is 0. The van der Waals surface area contributed by atoms with Gasteiger partial charge in [-0.25, -0.2) is 0 Å². The molecule has 0 aliphatic heterocycles. The van der Waals surface area contributed by atoms with Crippen molar-refractivity contribution in [1.82, 2.24) is 0 Å². The average Bonchev–Trinajstić information content (AvgIpc) is 1.59. The number of nitrogens with zero attached hydrogens (tertiary/aromatic N) is 2. The largest absolute Gasteiger partial charge is 0.310 e. The second-order valence-electron chi connectivity index (χ2n) is 21.1. The summed E-state index contributed by atoms with van der Waals surface area (Å²) in [7, 11) is 0. The highest BCUT2D eigenvalue weighted by Gasteiger charge is 2.25. The lowest BCUT2D eigenvalue weighted by Gasteiger charge is -2.28. The lowest BCUT2D eigenvalue weighted by Crippen LogP contribution is -2.10. The summed E-state index contributed by atoms with van der Waals surface area (Å²) in [5.74, 6) is 0. The van der Waals surface area contributed by atoms with Crippen LogP contribution >= 0.6 is 0 Å². The van der Waals surface area contributed by atoms with Crippen LogP contribution in [0.2, 0.25) is 0 Å². The van der Waals surface area contributed by atoms with Crippen LogP contribution in [-0.2, 0) is 0 Å². The Morgan fingerprint density at radius 2 is 0.595 bits per heavy atom. The molecule has 0 spiro atoms. The second-order valence-corrected chi connectivity index (χ2v) is 21.1. The van der Waals surface area contributed by atoms with E-state index in [-0.39, 0.29) is 0 Å². The highest BCUT2D eigenvalue weighted by molar-refractivity contribution is 6.18. The molecule has 84 heavy (non-hydrogen) atoms. The molecule has 2 heteroatoms. The average molecular weight is 1080 g/mol. The fourth-order valence-corrected chi connectivity index (χ4v) is 11.9. The molecular weight excluding hydrogens is 1010 g/mol. The third kappa shape index (κ3) is 10.7. The monoisotopic (exact) mass is 1070 g/mol. The summed E-state index contributed by atoms with van der Waals surface area (Å²) >= 11 is 0. The predicted molar refractivity (Wildman–Crippen MR) is 363 cm³/mol. The maximum atomic E-state index is 2.40. The Kier molecular flexibility index (Phi) is 15.1. The SMILES string of the molecule is C\C=C/C(/C=C/c1ccc(N(c2ccc(-c3c(-c4ccccc4)c(-c4ccccc4)c(-c4ccc(N(c5ccc(/C=C/c6ccccc6)cc5)c5cccc6ccccc56)cc4)c4ccccc34)cc2)c2cccc3ccccc23)cc1)=C\C. The summed E-state index contributed by atoms with van der Waals surface area (Å²) in [6.07, 6.45) is 15.0. The summed E-state index contributed by atoms with van der Waals surface area (Å²) in [6.45, 7) is 4.13. The highest BCUT2D eigenvalue weighted by Crippen LogP contribution is 2.52. The van der Waals surface area contributed by atoms with Crippen molar-refractivity contribution in [1.29, 1.82) is 0 Å². The van der Waals surface area contributed by atoms with E-state index >= 15 is 0 Å². The molecule has 0 bridgehead atoms. The van der Waals surface area contributed by atoms with E-state index in [0.717, 1.165) is 67.5 Å². The molecule has 2 nitrogen and oxygen atoms in total. The molecule has 0 aromatic heterocycles. The van der Waals surface area contributed by atoms with Crippen molar-refractivity contribution >= 4 is 84.7 Å². The third-order valence-electron chi connectivity index (χ3n) is 15.9. The van der Waals surface area contributed by atoms with Crippen LogP contribution in [0, 0.1) is 0 Å². The minimum Gasteiger partial charge on any atom is -0.310 e. The van der Waals surface area contributed by atoms with Crippen molar-refractivity contribution in [2.45, 2.75) is 13.8 Å². The van der Waals surface area contributed by atoms with Crippen LogP contribution in [0.25, 0.3) is 95.1 Å². The van der Waals surface area contributed by atoms with Crippen LogP contribution in [0.4, 0.5) is 34.1 Å². The van der Waals surface area contributed by atoms with E-state index in [1.54, 1.807) is 0 Å². The number of hydrogen-bond acceptors (Lipinski definition) is 2. The van der Waals surface area contributed by atoms with Gasteiger partial charge in [0.15, 0.2) is 0 Å². The van der Waals surface area contributed by atoms with Gasteiger partial charge in [0.05, 0.1) is 11.4 Å². The minimum absolute atomic E-state index is 1.07. The summed E-state index contributed by atoms with van der Waals surface area (Å²) in [6, 6.07) is 108. The van der Waals surface area contributed by atoms with Gasteiger partial charge < -0.3 is 9.80 Å². The van der Waals surface area contributed by atoms with Gasteiger partial charge in [-0.05, 0) is 163 Å². The number of rotatable bonds is 15. The Balaban J connectivity index is 0.961. The second kappa shape index (κ2) is 24.1. The van der Waals surface area contributed by atoms with Crippen molar-refractivity contribution in [3.63, 3.8) is 0 Å². The van der Waals surface area contributed by atoms with Crippen LogP contribution in [-0.4, -0.2) is 0 Å². The normalized spacial score (nSPS) is 11.9. The molecule has 13 rings (SSSR count). The molecule has 0 fully saturated rings. The number of allylic oxidation sites excluding steroid dienone is 5. The van der Waals surface area contributed by atoms with Crippen LogP contribution in [0.5, 0.6) is 0 Å². The standard InChI is InChI=1S/C82H62N2/c1-3-22-59(4-2)39-40-61-43-51-69(52-44-61)83(77-37-20-31-63-25-14-16-33-73(63)77)71-55-47-67(48-56-71)79-75-35-18-19-36-76(75)80(82(66-29-12-7-13-30-66)81(79)65-27-10-6-11-28-65)68-49-57-72(58-50-68)84(78-38-21-32-64-26-15-17-34-74(64)78)70-53-45-62(46-54-70)42-41-60-23-8-5-9-24-60/h3-58H,1-2H3/b22-3-,40-39+,42-41+,59-4+. The molecule has 0 aliphatic rings. The van der Waals surface area contributed by atoms with Gasteiger partial charge in [-0.3, -0.25) is 0 Å². The zero-order valence-corrected chi connectivity index (χ0v) is 47.2. The van der Waals surface area contributed by atoms with Gasteiger partial charge in [0, 0.05) is 33.5 Å². The Morgan fingerprint density at radius 3 is 1.01 bits per heavy atom. The molecule has 0 amide bonds. The van der Waals surface area contributed by atoms with Crippen molar-refractivity contribution in [2.75, 3.05) is 9.80 Å². The molecular formula is C82H62N2. The quantitative estimate of drug-likeness (QED) is 0.0746. The van der Waals surface area contributed by atoms with Gasteiger partial charge in [-0.1, -0.05) is 279 Å². The molecule has 0 unspecified atom stereocenters. The molecule has 0 heterocycles. The van der Waals surface area contributed by atoms with Crippen molar-refractivity contribution in [3.05, 3.63) is 344 Å². The zero-order chi connectivity index (χ0) is 56.6. The van der Waals surface area contributed by atoms with E-state index in [9.17, 15) is 0 Å². The van der Waals surface area contributed by atoms with E-state index in [2.05, 4.69) is 363 Å². The fraction of sp³-hybridized carbons (Fsp3) is 0.0244. The summed E-state index contributed by atoms with van der Waals surface area (Å²) in [5, 5.41) is 7.14. The molecule has 0 atom stereocenters. The molecule has 0 radical (unpaired) electrons. The van der Waals surface area contributed by atoms with Crippen LogP contribution in [0.3, 0.4) is 0 Å². The first kappa shape index (κ1) is 52.6. The minimum atomic E-state index is 1.07. The van der Waals surface area contributed by atoms with Crippen molar-refractivity contribution in [3.8, 4) is 44.5 Å². The molecule has 0 N–H and O–H groups in total. The maximum absolute atomic E-state index is 2.40. The number of benzene rings is 13. The molecule has 400 valence electrons. The molecule has 0 aliphatic carbocycles. The van der Waals surface area contributed by atoms with Gasteiger partial charge in [-0.2, -0.15) is 0 Å². The number of fused-ring (bicyclic) bond motifs is 3. The van der Waals surface area contributed by atoms with E-state index in [0.29, 0.717) is 0 Å². The summed E-state index contributed by atoms with van der Waals surface area (Å²) in [4.78, 5) is 4.80. The Labute approximate surface area is 493 Å². The first-order valence-electron chi connectivity index (χ1n) is 29.0. The summed E-state index contributed by atoms with van der Waals surface area (Å²) in [5.41, 5.74) is 20.5. The maximum Gasteiger partial charge on any atom is 0.0540 e. The zero-order valence-electron chi connectivity index (χ0n) is 47.2. The Bertz CT molecular complexity index is 4540. The molecule has 0 saturated carbocycles. The van der Waals surface area contributed by atoms with Crippen molar-refractivity contribution < 1.29 is 0 Å². The molecule has 13 aromatic rings. The molecule has 13 aromatic carbocycles. The lowest BCUT2D eigenvalue weighted by atomic mass is 9.79. The van der Waals surface area contributed by atoms with E-state index in [1.807, 2.05) is 0 Å².